The lowest BCUT2D eigenvalue weighted by atomic mass is 10.1. The molecule has 0 aromatic carbocycles. The molecule has 2 rings (SSSR count). The van der Waals surface area contributed by atoms with E-state index in [1.807, 2.05) is 4.90 Å². The van der Waals surface area contributed by atoms with Gasteiger partial charge in [-0.15, -0.1) is 0 Å². The molecule has 20 heavy (non-hydrogen) atoms. The van der Waals surface area contributed by atoms with Crippen LogP contribution in [0.4, 0.5) is 0 Å². The van der Waals surface area contributed by atoms with Crippen molar-refractivity contribution in [2.75, 3.05) is 19.7 Å². The van der Waals surface area contributed by atoms with E-state index in [4.69, 9.17) is 4.42 Å². The molecule has 2 amide bonds. The van der Waals surface area contributed by atoms with E-state index in [0.29, 0.717) is 0 Å². The molecule has 1 aromatic heterocycles. The van der Waals surface area contributed by atoms with Crippen LogP contribution in [-0.4, -0.2) is 47.6 Å². The zero-order valence-electron chi connectivity index (χ0n) is 11.4. The van der Waals surface area contributed by atoms with Gasteiger partial charge in [-0.1, -0.05) is 12.8 Å². The highest BCUT2D eigenvalue weighted by atomic mass is 16.3. The maximum atomic E-state index is 11.9. The number of amides is 2. The van der Waals surface area contributed by atoms with E-state index in [-0.39, 0.29) is 30.9 Å². The van der Waals surface area contributed by atoms with Crippen LogP contribution in [0.25, 0.3) is 0 Å². The summed E-state index contributed by atoms with van der Waals surface area (Å²) in [4.78, 5) is 25.5. The molecule has 1 aliphatic rings. The van der Waals surface area contributed by atoms with Crippen molar-refractivity contribution in [2.24, 2.45) is 0 Å². The molecule has 0 aliphatic carbocycles. The van der Waals surface area contributed by atoms with Crippen LogP contribution in [0.5, 0.6) is 0 Å². The minimum absolute atomic E-state index is 0.00182. The first kappa shape index (κ1) is 14.7. The van der Waals surface area contributed by atoms with Gasteiger partial charge in [0, 0.05) is 6.04 Å². The quantitative estimate of drug-likeness (QED) is 0.851. The molecular formula is C14H20N2O4. The van der Waals surface area contributed by atoms with Crippen LogP contribution in [0.3, 0.4) is 0 Å². The van der Waals surface area contributed by atoms with Gasteiger partial charge in [0.05, 0.1) is 19.4 Å². The summed E-state index contributed by atoms with van der Waals surface area (Å²) in [6, 6.07) is 3.10. The summed E-state index contributed by atoms with van der Waals surface area (Å²) in [6.45, 7) is 0.935. The van der Waals surface area contributed by atoms with Crippen LogP contribution in [0.1, 0.15) is 36.2 Å². The van der Waals surface area contributed by atoms with Gasteiger partial charge in [-0.2, -0.15) is 0 Å². The topological polar surface area (TPSA) is 82.8 Å². The van der Waals surface area contributed by atoms with Crippen molar-refractivity contribution in [3.8, 4) is 0 Å². The second-order valence-electron chi connectivity index (χ2n) is 5.01. The number of aliphatic hydroxyl groups excluding tert-OH is 1. The number of nitrogens with zero attached hydrogens (tertiary/aromatic N) is 1. The van der Waals surface area contributed by atoms with Gasteiger partial charge in [0.1, 0.15) is 0 Å². The van der Waals surface area contributed by atoms with Gasteiger partial charge >= 0.3 is 0 Å². The van der Waals surface area contributed by atoms with Gasteiger partial charge in [0.25, 0.3) is 5.91 Å². The third-order valence-electron chi connectivity index (χ3n) is 3.55. The number of carbonyl (C=O) groups is 2. The van der Waals surface area contributed by atoms with E-state index in [1.165, 1.54) is 12.3 Å². The Morgan fingerprint density at radius 1 is 1.40 bits per heavy atom. The van der Waals surface area contributed by atoms with Crippen molar-refractivity contribution in [3.63, 3.8) is 0 Å². The molecule has 6 nitrogen and oxygen atoms in total. The molecule has 1 fully saturated rings. The average Bonchev–Trinajstić information content (AvgIpc) is 2.87. The lowest BCUT2D eigenvalue weighted by Gasteiger charge is -2.27. The van der Waals surface area contributed by atoms with Crippen molar-refractivity contribution in [2.45, 2.75) is 31.7 Å². The van der Waals surface area contributed by atoms with Gasteiger partial charge in [-0.05, 0) is 31.5 Å². The first-order valence-electron chi connectivity index (χ1n) is 6.93. The minimum atomic E-state index is -0.532. The summed E-state index contributed by atoms with van der Waals surface area (Å²) in [6.07, 6.45) is 5.45. The molecule has 1 saturated heterocycles. The molecule has 1 aromatic rings. The molecule has 2 N–H and O–H groups in total. The van der Waals surface area contributed by atoms with E-state index in [1.54, 1.807) is 6.07 Å². The second kappa shape index (κ2) is 7.21. The third kappa shape index (κ3) is 3.91. The SMILES string of the molecule is O=C(CN1CCCCCC1CO)NC(=O)c1ccco1. The van der Waals surface area contributed by atoms with Crippen LogP contribution in [0.15, 0.2) is 22.8 Å². The predicted molar refractivity (Wildman–Crippen MR) is 72.1 cm³/mol. The summed E-state index contributed by atoms with van der Waals surface area (Å²) in [5.41, 5.74) is 0. The highest BCUT2D eigenvalue weighted by Crippen LogP contribution is 2.15. The Labute approximate surface area is 117 Å². The van der Waals surface area contributed by atoms with Gasteiger partial charge in [-0.3, -0.25) is 19.8 Å². The standard InChI is InChI=1S/C14H20N2O4/c17-10-11-5-2-1-3-7-16(11)9-13(18)15-14(19)12-6-4-8-20-12/h4,6,8,11,17H,1-3,5,7,9-10H2,(H,15,18,19). The van der Waals surface area contributed by atoms with Gasteiger partial charge in [-0.25, -0.2) is 0 Å². The minimum Gasteiger partial charge on any atom is -0.459 e. The van der Waals surface area contributed by atoms with Crippen LogP contribution in [0.2, 0.25) is 0 Å². The average molecular weight is 280 g/mol. The van der Waals surface area contributed by atoms with Crippen molar-refractivity contribution >= 4 is 11.8 Å². The maximum absolute atomic E-state index is 11.9. The lowest BCUT2D eigenvalue weighted by molar-refractivity contribution is -0.122. The highest BCUT2D eigenvalue weighted by molar-refractivity contribution is 6.03. The number of carbonyl (C=O) groups excluding carboxylic acids is 2. The monoisotopic (exact) mass is 280 g/mol. The smallest absolute Gasteiger partial charge is 0.293 e. The Balaban J connectivity index is 1.87. The fourth-order valence-electron chi connectivity index (χ4n) is 2.47. The summed E-state index contributed by atoms with van der Waals surface area (Å²) >= 11 is 0. The summed E-state index contributed by atoms with van der Waals surface area (Å²) in [5, 5.41) is 11.7. The maximum Gasteiger partial charge on any atom is 0.293 e. The molecule has 2 heterocycles. The number of likely N-dealkylation sites (tertiary alicyclic amines) is 1. The largest absolute Gasteiger partial charge is 0.459 e. The number of rotatable bonds is 4. The summed E-state index contributed by atoms with van der Waals surface area (Å²) < 4.78 is 4.93. The summed E-state index contributed by atoms with van der Waals surface area (Å²) in [7, 11) is 0. The highest BCUT2D eigenvalue weighted by Gasteiger charge is 2.23. The number of nitrogens with one attached hydrogen (secondary N) is 1. The Morgan fingerprint density at radius 2 is 2.25 bits per heavy atom. The van der Waals surface area contributed by atoms with E-state index in [2.05, 4.69) is 5.32 Å². The van der Waals surface area contributed by atoms with Gasteiger partial charge < -0.3 is 9.52 Å². The number of hydrogen-bond donors (Lipinski definition) is 2. The molecule has 6 heteroatoms. The molecule has 0 saturated carbocycles. The van der Waals surface area contributed by atoms with Crippen molar-refractivity contribution in [1.29, 1.82) is 0 Å². The number of furan rings is 1. The molecule has 1 unspecified atom stereocenters. The Kier molecular flexibility index (Phi) is 5.31. The fraction of sp³-hybridized carbons (Fsp3) is 0.571. The van der Waals surface area contributed by atoms with E-state index < -0.39 is 5.91 Å². The van der Waals surface area contributed by atoms with Gasteiger partial charge in [0.2, 0.25) is 5.91 Å². The van der Waals surface area contributed by atoms with E-state index in [9.17, 15) is 14.7 Å². The van der Waals surface area contributed by atoms with Crippen LogP contribution < -0.4 is 5.32 Å². The zero-order valence-corrected chi connectivity index (χ0v) is 11.4. The van der Waals surface area contributed by atoms with Crippen molar-refractivity contribution < 1.29 is 19.1 Å². The first-order chi connectivity index (χ1) is 9.70. The van der Waals surface area contributed by atoms with Crippen molar-refractivity contribution in [3.05, 3.63) is 24.2 Å². The number of hydrogen-bond acceptors (Lipinski definition) is 5. The van der Waals surface area contributed by atoms with Crippen LogP contribution in [0, 0.1) is 0 Å². The third-order valence-corrected chi connectivity index (χ3v) is 3.55. The zero-order chi connectivity index (χ0) is 14.4. The molecule has 110 valence electrons. The number of aliphatic hydroxyl groups is 1. The predicted octanol–water partition coefficient (Wildman–Crippen LogP) is 0.773. The van der Waals surface area contributed by atoms with Gasteiger partial charge in [0.15, 0.2) is 5.76 Å². The molecule has 0 spiro atoms. The molecule has 1 atom stereocenters. The molecule has 0 radical (unpaired) electrons. The van der Waals surface area contributed by atoms with Crippen LogP contribution >= 0.6 is 0 Å². The molecule has 1 aliphatic heterocycles. The normalized spacial score (nSPS) is 20.4. The Bertz CT molecular complexity index is 444. The van der Waals surface area contributed by atoms with Crippen molar-refractivity contribution in [1.82, 2.24) is 10.2 Å². The number of imide groups is 1. The van der Waals surface area contributed by atoms with E-state index in [0.717, 1.165) is 32.2 Å². The Morgan fingerprint density at radius 3 is 2.95 bits per heavy atom. The first-order valence-corrected chi connectivity index (χ1v) is 6.93. The fourth-order valence-corrected chi connectivity index (χ4v) is 2.47. The molecule has 0 bridgehead atoms. The van der Waals surface area contributed by atoms with E-state index >= 15 is 0 Å². The Hall–Kier alpha value is -1.66. The summed E-state index contributed by atoms with van der Waals surface area (Å²) in [5.74, 6) is -0.782. The van der Waals surface area contributed by atoms with Crippen LogP contribution in [-0.2, 0) is 4.79 Å². The molecular weight excluding hydrogens is 260 g/mol. The lowest BCUT2D eigenvalue weighted by Crippen LogP contribution is -2.45. The second-order valence-corrected chi connectivity index (χ2v) is 5.01.